The summed E-state index contributed by atoms with van der Waals surface area (Å²) < 4.78 is 3.15. The Morgan fingerprint density at radius 3 is 2.85 bits per heavy atom. The summed E-state index contributed by atoms with van der Waals surface area (Å²) >= 11 is 2.41. The number of urea groups is 1. The number of benzene rings is 1. The van der Waals surface area contributed by atoms with Crippen molar-refractivity contribution in [2.45, 2.75) is 45.1 Å². The van der Waals surface area contributed by atoms with E-state index in [0.717, 1.165) is 15.6 Å². The van der Waals surface area contributed by atoms with E-state index in [2.05, 4.69) is 58.2 Å². The molecule has 2 amide bonds. The van der Waals surface area contributed by atoms with Gasteiger partial charge in [-0.15, -0.1) is 0 Å². The Hall–Kier alpha value is -1.28. The van der Waals surface area contributed by atoms with Crippen LogP contribution in [-0.4, -0.2) is 53.2 Å². The molecule has 0 bridgehead atoms. The van der Waals surface area contributed by atoms with E-state index in [-0.39, 0.29) is 6.03 Å². The fourth-order valence-electron chi connectivity index (χ4n) is 4.79. The Labute approximate surface area is 168 Å². The highest BCUT2D eigenvalue weighted by atomic mass is 127. The van der Waals surface area contributed by atoms with Crippen LogP contribution in [-0.2, 0) is 6.42 Å². The summed E-state index contributed by atoms with van der Waals surface area (Å²) in [5.41, 5.74) is 7.13. The third kappa shape index (κ3) is 2.72. The van der Waals surface area contributed by atoms with Crippen LogP contribution in [0.25, 0.3) is 10.9 Å². The summed E-state index contributed by atoms with van der Waals surface area (Å²) in [5, 5.41) is 1.37. The van der Waals surface area contributed by atoms with E-state index in [0.29, 0.717) is 25.0 Å². The summed E-state index contributed by atoms with van der Waals surface area (Å²) in [6, 6.07) is 7.13. The lowest BCUT2D eigenvalue weighted by atomic mass is 9.75. The Morgan fingerprint density at radius 1 is 1.35 bits per heavy atom. The lowest BCUT2D eigenvalue weighted by molar-refractivity contribution is 0.157. The number of likely N-dealkylation sites (N-methyl/N-ethyl adjacent to an activating group) is 1. The molecule has 2 aromatic rings. The Balaban J connectivity index is 1.80. The van der Waals surface area contributed by atoms with Crippen LogP contribution in [0.1, 0.15) is 43.7 Å². The molecular formula is C20H27IN4O. The minimum absolute atomic E-state index is 0.0319. The van der Waals surface area contributed by atoms with Crippen LogP contribution in [0.2, 0.25) is 0 Å². The highest BCUT2D eigenvalue weighted by molar-refractivity contribution is 14.1. The van der Waals surface area contributed by atoms with Crippen molar-refractivity contribution in [3.8, 4) is 0 Å². The highest BCUT2D eigenvalue weighted by Crippen LogP contribution is 2.45. The van der Waals surface area contributed by atoms with E-state index in [4.69, 9.17) is 0 Å². The predicted molar refractivity (Wildman–Crippen MR) is 114 cm³/mol. The number of carbonyl (C=O) groups is 1. The van der Waals surface area contributed by atoms with Gasteiger partial charge in [0, 0.05) is 30.4 Å². The van der Waals surface area contributed by atoms with Gasteiger partial charge in [-0.25, -0.2) is 14.9 Å². The third-order valence-electron chi connectivity index (χ3n) is 6.19. The van der Waals surface area contributed by atoms with Gasteiger partial charge in [0.15, 0.2) is 0 Å². The molecule has 1 aliphatic heterocycles. The molecule has 26 heavy (non-hydrogen) atoms. The first-order valence-corrected chi connectivity index (χ1v) is 10.7. The normalized spacial score (nSPS) is 22.3. The maximum absolute atomic E-state index is 12.7. The molecule has 0 spiro atoms. The van der Waals surface area contributed by atoms with E-state index in [1.165, 1.54) is 35.9 Å². The molecular weight excluding hydrogens is 439 g/mol. The summed E-state index contributed by atoms with van der Waals surface area (Å²) in [7, 11) is 2.26. The van der Waals surface area contributed by atoms with Crippen molar-refractivity contribution < 1.29 is 4.79 Å². The minimum atomic E-state index is -0.0319. The van der Waals surface area contributed by atoms with Crippen LogP contribution < -0.4 is 5.43 Å². The number of nitrogens with zero attached hydrogens (tertiary/aromatic N) is 3. The number of hydrogen-bond acceptors (Lipinski definition) is 2. The molecule has 2 atom stereocenters. The van der Waals surface area contributed by atoms with Gasteiger partial charge < -0.3 is 9.80 Å². The van der Waals surface area contributed by atoms with Crippen molar-refractivity contribution in [3.05, 3.63) is 33.0 Å². The summed E-state index contributed by atoms with van der Waals surface area (Å²) in [6.45, 7) is 6.64. The molecule has 1 aliphatic carbocycles. The van der Waals surface area contributed by atoms with E-state index in [1.807, 2.05) is 23.4 Å². The van der Waals surface area contributed by atoms with Gasteiger partial charge in [0.1, 0.15) is 3.70 Å². The maximum atomic E-state index is 12.7. The number of hydrogen-bond donors (Lipinski definition) is 1. The molecule has 140 valence electrons. The zero-order valence-electron chi connectivity index (χ0n) is 15.8. The molecule has 1 aromatic heterocycles. The second-order valence-electron chi connectivity index (χ2n) is 7.44. The number of piperidine rings is 1. The highest BCUT2D eigenvalue weighted by Gasteiger charge is 2.38. The molecule has 1 fully saturated rings. The van der Waals surface area contributed by atoms with Crippen molar-refractivity contribution in [1.82, 2.24) is 14.5 Å². The van der Waals surface area contributed by atoms with Gasteiger partial charge in [-0.05, 0) is 86.5 Å². The summed E-state index contributed by atoms with van der Waals surface area (Å²) in [4.78, 5) is 17.0. The predicted octanol–water partition coefficient (Wildman–Crippen LogP) is 3.99. The molecule has 1 saturated heterocycles. The van der Waals surface area contributed by atoms with Gasteiger partial charge in [0.05, 0.1) is 5.52 Å². The van der Waals surface area contributed by atoms with E-state index in [9.17, 15) is 4.79 Å². The van der Waals surface area contributed by atoms with Crippen molar-refractivity contribution in [3.63, 3.8) is 0 Å². The Morgan fingerprint density at radius 2 is 2.12 bits per heavy atom. The average molecular weight is 466 g/mol. The average Bonchev–Trinajstić information content (AvgIpc) is 2.91. The molecule has 2 aliphatic rings. The molecule has 6 heteroatoms. The van der Waals surface area contributed by atoms with Gasteiger partial charge in [-0.3, -0.25) is 0 Å². The van der Waals surface area contributed by atoms with Gasteiger partial charge in [0.25, 0.3) is 0 Å². The van der Waals surface area contributed by atoms with Crippen LogP contribution in [0.4, 0.5) is 4.79 Å². The van der Waals surface area contributed by atoms with Crippen LogP contribution in [0, 0.1) is 3.70 Å². The lowest BCUT2D eigenvalue weighted by Gasteiger charge is -2.42. The maximum Gasteiger partial charge on any atom is 0.336 e. The van der Waals surface area contributed by atoms with Crippen molar-refractivity contribution >= 4 is 39.5 Å². The SMILES string of the molecule is CCN(CC)C(=O)Nn1c(I)c2c3c(cccc31)[C@H]1CCCN(C)[C@@H]1C2. The van der Waals surface area contributed by atoms with E-state index >= 15 is 0 Å². The van der Waals surface area contributed by atoms with Crippen molar-refractivity contribution in [2.75, 3.05) is 32.1 Å². The fraction of sp³-hybridized carbons (Fsp3) is 0.550. The largest absolute Gasteiger partial charge is 0.336 e. The lowest BCUT2D eigenvalue weighted by Crippen LogP contribution is -2.44. The topological polar surface area (TPSA) is 40.5 Å². The van der Waals surface area contributed by atoms with E-state index < -0.39 is 0 Å². The van der Waals surface area contributed by atoms with Gasteiger partial charge in [-0.2, -0.15) is 0 Å². The number of fused-ring (bicyclic) bond motifs is 2. The Bertz CT molecular complexity index is 842. The number of carbonyl (C=O) groups excluding carboxylic acids is 1. The van der Waals surface area contributed by atoms with Crippen LogP contribution in [0.5, 0.6) is 0 Å². The molecule has 4 rings (SSSR count). The molecule has 2 heterocycles. The number of rotatable bonds is 3. The number of halogens is 1. The first-order chi connectivity index (χ1) is 12.6. The second kappa shape index (κ2) is 7.03. The van der Waals surface area contributed by atoms with Crippen LogP contribution in [0.15, 0.2) is 18.2 Å². The number of aromatic nitrogens is 1. The van der Waals surface area contributed by atoms with Crippen LogP contribution >= 0.6 is 22.6 Å². The molecule has 0 radical (unpaired) electrons. The van der Waals surface area contributed by atoms with Gasteiger partial charge in [-0.1, -0.05) is 12.1 Å². The zero-order chi connectivity index (χ0) is 18.4. The molecule has 5 nitrogen and oxygen atoms in total. The van der Waals surface area contributed by atoms with Gasteiger partial charge in [0.2, 0.25) is 0 Å². The molecule has 0 saturated carbocycles. The van der Waals surface area contributed by atoms with E-state index in [1.54, 1.807) is 0 Å². The summed E-state index contributed by atoms with van der Waals surface area (Å²) in [6.07, 6.45) is 3.60. The third-order valence-corrected chi connectivity index (χ3v) is 7.32. The minimum Gasteiger partial charge on any atom is -0.324 e. The zero-order valence-corrected chi connectivity index (χ0v) is 17.9. The first-order valence-electron chi connectivity index (χ1n) is 9.64. The quantitative estimate of drug-likeness (QED) is 0.696. The monoisotopic (exact) mass is 466 g/mol. The molecule has 1 aromatic carbocycles. The fourth-order valence-corrected chi connectivity index (χ4v) is 5.66. The second-order valence-corrected chi connectivity index (χ2v) is 8.46. The standard InChI is InChI=1S/C20H27IN4O/c1-4-24(5-2)20(26)22-25-16-10-6-8-14-13-9-7-11-23(3)17(13)12-15(18(14)16)19(25)21/h6,8,10,13,17H,4-5,7,9,11-12H2,1-3H3,(H,22,26)/t13-,17-/m1/s1. The Kier molecular flexibility index (Phi) is 4.90. The van der Waals surface area contributed by atoms with Crippen molar-refractivity contribution in [2.24, 2.45) is 0 Å². The number of amides is 2. The first kappa shape index (κ1) is 18.1. The number of likely N-dealkylation sites (tertiary alicyclic amines) is 1. The van der Waals surface area contributed by atoms with Gasteiger partial charge >= 0.3 is 6.03 Å². The van der Waals surface area contributed by atoms with Crippen molar-refractivity contribution in [1.29, 1.82) is 0 Å². The smallest absolute Gasteiger partial charge is 0.324 e. The molecule has 0 unspecified atom stereocenters. The van der Waals surface area contributed by atoms with Crippen LogP contribution in [0.3, 0.4) is 0 Å². The number of nitrogens with one attached hydrogen (secondary N) is 1. The molecule has 1 N–H and O–H groups in total. The summed E-state index contributed by atoms with van der Waals surface area (Å²) in [5.74, 6) is 0.607.